The van der Waals surface area contributed by atoms with E-state index in [4.69, 9.17) is 0 Å². The van der Waals surface area contributed by atoms with Crippen molar-refractivity contribution in [1.29, 1.82) is 0 Å². The molecule has 0 saturated heterocycles. The van der Waals surface area contributed by atoms with E-state index in [-0.39, 0.29) is 0 Å². The number of hydrogen-bond acceptors (Lipinski definition) is 1. The second-order valence-corrected chi connectivity index (χ2v) is 7.09. The molecule has 0 bridgehead atoms. The van der Waals surface area contributed by atoms with Gasteiger partial charge in [0.25, 0.3) is 0 Å². The molecular weight excluding hydrogens is 322 g/mol. The van der Waals surface area contributed by atoms with Crippen molar-refractivity contribution < 1.29 is 0 Å². The Balaban J connectivity index is 2.15. The van der Waals surface area contributed by atoms with Crippen molar-refractivity contribution in [1.82, 2.24) is 5.32 Å². The van der Waals surface area contributed by atoms with E-state index in [1.807, 2.05) is 0 Å². The van der Waals surface area contributed by atoms with Gasteiger partial charge in [0.15, 0.2) is 0 Å². The SMILES string of the molecule is CCCNC/C(=C/c1ccc(Br)c(C)c1)C1CCCCC1. The predicted octanol–water partition coefficient (Wildman–Crippen LogP) is 5.72. The van der Waals surface area contributed by atoms with Gasteiger partial charge in [0.05, 0.1) is 0 Å². The van der Waals surface area contributed by atoms with E-state index in [2.05, 4.69) is 59.4 Å². The first kappa shape index (κ1) is 16.8. The number of benzene rings is 1. The molecule has 1 nitrogen and oxygen atoms in total. The van der Waals surface area contributed by atoms with Crippen molar-refractivity contribution in [3.05, 3.63) is 39.4 Å². The second kappa shape index (κ2) is 8.75. The van der Waals surface area contributed by atoms with Crippen LogP contribution in [-0.2, 0) is 0 Å². The maximum Gasteiger partial charge on any atom is 0.0204 e. The molecule has 1 aliphatic carbocycles. The zero-order chi connectivity index (χ0) is 15.1. The van der Waals surface area contributed by atoms with Gasteiger partial charge in [-0.3, -0.25) is 0 Å². The van der Waals surface area contributed by atoms with E-state index < -0.39 is 0 Å². The normalized spacial score (nSPS) is 17.2. The maximum absolute atomic E-state index is 3.60. The predicted molar refractivity (Wildman–Crippen MR) is 96.6 cm³/mol. The third-order valence-corrected chi connectivity index (χ3v) is 5.31. The summed E-state index contributed by atoms with van der Waals surface area (Å²) >= 11 is 3.59. The van der Waals surface area contributed by atoms with Crippen molar-refractivity contribution in [2.24, 2.45) is 5.92 Å². The molecule has 2 heteroatoms. The van der Waals surface area contributed by atoms with Crippen molar-refractivity contribution in [3.63, 3.8) is 0 Å². The van der Waals surface area contributed by atoms with Gasteiger partial charge < -0.3 is 5.32 Å². The summed E-state index contributed by atoms with van der Waals surface area (Å²) in [5.41, 5.74) is 4.26. The van der Waals surface area contributed by atoms with E-state index in [1.165, 1.54) is 54.1 Å². The summed E-state index contributed by atoms with van der Waals surface area (Å²) in [5, 5.41) is 3.60. The largest absolute Gasteiger partial charge is 0.313 e. The highest BCUT2D eigenvalue weighted by Crippen LogP contribution is 2.31. The lowest BCUT2D eigenvalue weighted by Crippen LogP contribution is -2.23. The van der Waals surface area contributed by atoms with Crippen LogP contribution in [-0.4, -0.2) is 13.1 Å². The van der Waals surface area contributed by atoms with E-state index in [1.54, 1.807) is 5.57 Å². The molecule has 0 unspecified atom stereocenters. The average Bonchev–Trinajstić information content (AvgIpc) is 2.51. The quantitative estimate of drug-likeness (QED) is 0.647. The number of aryl methyl sites for hydroxylation is 1. The fourth-order valence-electron chi connectivity index (χ4n) is 3.17. The smallest absolute Gasteiger partial charge is 0.0204 e. The van der Waals surface area contributed by atoms with Gasteiger partial charge in [-0.15, -0.1) is 0 Å². The van der Waals surface area contributed by atoms with Crippen LogP contribution in [0.25, 0.3) is 6.08 Å². The van der Waals surface area contributed by atoms with Crippen molar-refractivity contribution in [3.8, 4) is 0 Å². The van der Waals surface area contributed by atoms with Crippen LogP contribution < -0.4 is 5.32 Å². The molecule has 1 saturated carbocycles. The third-order valence-electron chi connectivity index (χ3n) is 4.42. The first-order chi connectivity index (χ1) is 10.2. The van der Waals surface area contributed by atoms with Crippen LogP contribution in [0, 0.1) is 12.8 Å². The summed E-state index contributed by atoms with van der Waals surface area (Å²) in [5.74, 6) is 0.784. The molecule has 2 rings (SSSR count). The second-order valence-electron chi connectivity index (χ2n) is 6.24. The molecule has 0 aromatic heterocycles. The Morgan fingerprint density at radius 1 is 1.29 bits per heavy atom. The van der Waals surface area contributed by atoms with Gasteiger partial charge in [-0.05, 0) is 55.8 Å². The van der Waals surface area contributed by atoms with Gasteiger partial charge in [-0.1, -0.05) is 65.9 Å². The molecule has 1 aromatic rings. The zero-order valence-corrected chi connectivity index (χ0v) is 15.0. The fraction of sp³-hybridized carbons (Fsp3) is 0.579. The molecule has 1 fully saturated rings. The molecule has 0 spiro atoms. The van der Waals surface area contributed by atoms with Crippen LogP contribution in [0.2, 0.25) is 0 Å². The molecular formula is C19H28BrN. The summed E-state index contributed by atoms with van der Waals surface area (Å²) in [4.78, 5) is 0. The van der Waals surface area contributed by atoms with Crippen LogP contribution in [0.4, 0.5) is 0 Å². The van der Waals surface area contributed by atoms with E-state index >= 15 is 0 Å². The molecule has 0 atom stereocenters. The summed E-state index contributed by atoms with van der Waals surface area (Å²) in [6.07, 6.45) is 10.6. The number of rotatable bonds is 6. The minimum Gasteiger partial charge on any atom is -0.313 e. The van der Waals surface area contributed by atoms with Gasteiger partial charge in [0.1, 0.15) is 0 Å². The first-order valence-corrected chi connectivity index (χ1v) is 9.17. The molecule has 0 aliphatic heterocycles. The third kappa shape index (κ3) is 5.27. The average molecular weight is 350 g/mol. The Bertz CT molecular complexity index is 472. The van der Waals surface area contributed by atoms with E-state index in [0.717, 1.165) is 19.0 Å². The Morgan fingerprint density at radius 2 is 2.05 bits per heavy atom. The van der Waals surface area contributed by atoms with Crippen molar-refractivity contribution >= 4 is 22.0 Å². The fourth-order valence-corrected chi connectivity index (χ4v) is 3.41. The van der Waals surface area contributed by atoms with E-state index in [0.29, 0.717) is 0 Å². The topological polar surface area (TPSA) is 12.0 Å². The van der Waals surface area contributed by atoms with E-state index in [9.17, 15) is 0 Å². The van der Waals surface area contributed by atoms with Gasteiger partial charge in [-0.2, -0.15) is 0 Å². The van der Waals surface area contributed by atoms with Gasteiger partial charge in [0, 0.05) is 11.0 Å². The Hall–Kier alpha value is -0.600. The minimum absolute atomic E-state index is 0.784. The van der Waals surface area contributed by atoms with Crippen LogP contribution in [0.1, 0.15) is 56.6 Å². The highest BCUT2D eigenvalue weighted by atomic mass is 79.9. The monoisotopic (exact) mass is 349 g/mol. The zero-order valence-electron chi connectivity index (χ0n) is 13.4. The molecule has 0 amide bonds. The summed E-state index contributed by atoms with van der Waals surface area (Å²) in [7, 11) is 0. The van der Waals surface area contributed by atoms with Crippen molar-refractivity contribution in [2.45, 2.75) is 52.4 Å². The van der Waals surface area contributed by atoms with Gasteiger partial charge >= 0.3 is 0 Å². The molecule has 1 N–H and O–H groups in total. The summed E-state index contributed by atoms with van der Waals surface area (Å²) in [6, 6.07) is 6.67. The van der Waals surface area contributed by atoms with Gasteiger partial charge in [0.2, 0.25) is 0 Å². The lowest BCUT2D eigenvalue weighted by Gasteiger charge is -2.25. The first-order valence-electron chi connectivity index (χ1n) is 8.38. The maximum atomic E-state index is 3.60. The Labute approximate surface area is 138 Å². The lowest BCUT2D eigenvalue weighted by atomic mass is 9.83. The Morgan fingerprint density at radius 3 is 2.71 bits per heavy atom. The summed E-state index contributed by atoms with van der Waals surface area (Å²) in [6.45, 7) is 6.56. The van der Waals surface area contributed by atoms with Gasteiger partial charge in [-0.25, -0.2) is 0 Å². The molecule has 116 valence electrons. The lowest BCUT2D eigenvalue weighted by molar-refractivity contribution is 0.396. The minimum atomic E-state index is 0.784. The molecule has 21 heavy (non-hydrogen) atoms. The molecule has 1 aromatic carbocycles. The number of hydrogen-bond donors (Lipinski definition) is 1. The molecule has 0 heterocycles. The number of nitrogens with one attached hydrogen (secondary N) is 1. The standard InChI is InChI=1S/C19H28BrN/c1-3-11-21-14-18(17-7-5-4-6-8-17)13-16-9-10-19(20)15(2)12-16/h9-10,12-13,17,21H,3-8,11,14H2,1-2H3/b18-13-. The highest BCUT2D eigenvalue weighted by molar-refractivity contribution is 9.10. The van der Waals surface area contributed by atoms with Crippen LogP contribution >= 0.6 is 15.9 Å². The Kier molecular flexibility index (Phi) is 6.98. The van der Waals surface area contributed by atoms with Crippen LogP contribution in [0.15, 0.2) is 28.2 Å². The number of halogens is 1. The highest BCUT2D eigenvalue weighted by Gasteiger charge is 2.17. The molecule has 0 radical (unpaired) electrons. The van der Waals surface area contributed by atoms with Crippen LogP contribution in [0.5, 0.6) is 0 Å². The summed E-state index contributed by atoms with van der Waals surface area (Å²) < 4.78 is 1.20. The van der Waals surface area contributed by atoms with Crippen molar-refractivity contribution in [2.75, 3.05) is 13.1 Å². The van der Waals surface area contributed by atoms with Crippen LogP contribution in [0.3, 0.4) is 0 Å². The molecule has 1 aliphatic rings.